The van der Waals surface area contributed by atoms with Gasteiger partial charge in [-0.15, -0.1) is 0 Å². The van der Waals surface area contributed by atoms with Crippen LogP contribution in [0.2, 0.25) is 0 Å². The van der Waals surface area contributed by atoms with Crippen LogP contribution >= 0.6 is 0 Å². The molecule has 1 aliphatic rings. The summed E-state index contributed by atoms with van der Waals surface area (Å²) in [6.07, 6.45) is 1.05. The highest BCUT2D eigenvalue weighted by molar-refractivity contribution is 6.03. The van der Waals surface area contributed by atoms with E-state index in [0.29, 0.717) is 25.3 Å². The second-order valence-corrected chi connectivity index (χ2v) is 4.29. The van der Waals surface area contributed by atoms with E-state index in [1.807, 2.05) is 25.1 Å². The van der Waals surface area contributed by atoms with Gasteiger partial charge in [0.1, 0.15) is 11.5 Å². The zero-order valence-electron chi connectivity index (χ0n) is 10.6. The molecule has 1 amide bonds. The fraction of sp³-hybridized carbons (Fsp3) is 0.308. The molecule has 1 aliphatic heterocycles. The normalized spacial score (nSPS) is 15.2. The van der Waals surface area contributed by atoms with Crippen LogP contribution in [0.5, 0.6) is 5.75 Å². The number of nitrogens with zero attached hydrogens (tertiary/aromatic N) is 2. The number of benzene rings is 1. The molecule has 1 aromatic heterocycles. The molecule has 2 aromatic rings. The van der Waals surface area contributed by atoms with Gasteiger partial charge in [-0.3, -0.25) is 4.79 Å². The smallest absolute Gasteiger partial charge is 0.240 e. The zero-order valence-corrected chi connectivity index (χ0v) is 10.6. The molecule has 3 rings (SSSR count). The largest absolute Gasteiger partial charge is 0.494 e. The molecule has 0 fully saturated rings. The summed E-state index contributed by atoms with van der Waals surface area (Å²) in [5.41, 5.74) is 5.01. The number of carbonyl (C=O) groups excluding carboxylic acids is 1. The van der Waals surface area contributed by atoms with Gasteiger partial charge < -0.3 is 9.72 Å². The summed E-state index contributed by atoms with van der Waals surface area (Å²) >= 11 is 0. The third kappa shape index (κ3) is 2.29. The number of H-pyrrole nitrogens is 1. The van der Waals surface area contributed by atoms with Crippen LogP contribution in [-0.4, -0.2) is 28.2 Å². The summed E-state index contributed by atoms with van der Waals surface area (Å²) in [7, 11) is 0. The Morgan fingerprint density at radius 1 is 1.37 bits per heavy atom. The van der Waals surface area contributed by atoms with Crippen molar-refractivity contribution < 1.29 is 9.53 Å². The van der Waals surface area contributed by atoms with Crippen LogP contribution in [0.25, 0.3) is 11.0 Å². The lowest BCUT2D eigenvalue weighted by Gasteiger charge is -2.08. The molecule has 1 aromatic carbocycles. The summed E-state index contributed by atoms with van der Waals surface area (Å²) in [6, 6.07) is 5.71. The lowest BCUT2D eigenvalue weighted by molar-refractivity contribution is -0.121. The quantitative estimate of drug-likeness (QED) is 0.877. The molecule has 6 heteroatoms. The Bertz CT molecular complexity index is 660. The number of rotatable bonds is 3. The van der Waals surface area contributed by atoms with Crippen molar-refractivity contribution in [2.75, 3.05) is 6.61 Å². The Hall–Kier alpha value is -2.37. The maximum absolute atomic E-state index is 11.1. The van der Waals surface area contributed by atoms with Crippen LogP contribution in [0.3, 0.4) is 0 Å². The third-order valence-corrected chi connectivity index (χ3v) is 2.94. The molecule has 19 heavy (non-hydrogen) atoms. The molecule has 0 unspecified atom stereocenters. The van der Waals surface area contributed by atoms with Gasteiger partial charge in [0.2, 0.25) is 5.91 Å². The van der Waals surface area contributed by atoms with Crippen molar-refractivity contribution in [3.63, 3.8) is 0 Å². The number of nitrogens with one attached hydrogen (secondary N) is 2. The van der Waals surface area contributed by atoms with Gasteiger partial charge in [-0.05, 0) is 19.1 Å². The van der Waals surface area contributed by atoms with E-state index in [-0.39, 0.29) is 5.91 Å². The van der Waals surface area contributed by atoms with Crippen LogP contribution in [0.4, 0.5) is 0 Å². The van der Waals surface area contributed by atoms with Crippen LogP contribution in [-0.2, 0) is 4.79 Å². The molecule has 2 N–H and O–H groups in total. The van der Waals surface area contributed by atoms with Crippen molar-refractivity contribution in [1.82, 2.24) is 15.4 Å². The van der Waals surface area contributed by atoms with Gasteiger partial charge in [0, 0.05) is 18.9 Å². The average Bonchev–Trinajstić information content (AvgIpc) is 2.83. The summed E-state index contributed by atoms with van der Waals surface area (Å²) in [4.78, 5) is 18.7. The van der Waals surface area contributed by atoms with Crippen LogP contribution in [0.1, 0.15) is 25.6 Å². The van der Waals surface area contributed by atoms with Crippen LogP contribution < -0.4 is 10.2 Å². The fourth-order valence-electron chi connectivity index (χ4n) is 2.03. The lowest BCUT2D eigenvalue weighted by Crippen LogP contribution is -2.26. The van der Waals surface area contributed by atoms with Gasteiger partial charge in [-0.2, -0.15) is 5.10 Å². The van der Waals surface area contributed by atoms with Gasteiger partial charge in [0.05, 0.1) is 17.6 Å². The number of carbonyl (C=O) groups is 1. The van der Waals surface area contributed by atoms with Gasteiger partial charge in [-0.1, -0.05) is 0 Å². The molecule has 0 aliphatic carbocycles. The van der Waals surface area contributed by atoms with E-state index in [1.54, 1.807) is 0 Å². The van der Waals surface area contributed by atoms with E-state index in [4.69, 9.17) is 4.74 Å². The number of aromatic amines is 1. The van der Waals surface area contributed by atoms with Gasteiger partial charge in [0.15, 0.2) is 5.82 Å². The van der Waals surface area contributed by atoms with E-state index >= 15 is 0 Å². The highest BCUT2D eigenvalue weighted by Gasteiger charge is 2.16. The van der Waals surface area contributed by atoms with Gasteiger partial charge in [0.25, 0.3) is 0 Å². The van der Waals surface area contributed by atoms with Crippen molar-refractivity contribution in [3.05, 3.63) is 24.0 Å². The minimum absolute atomic E-state index is 0.0570. The third-order valence-electron chi connectivity index (χ3n) is 2.94. The Morgan fingerprint density at radius 2 is 2.26 bits per heavy atom. The minimum Gasteiger partial charge on any atom is -0.494 e. The van der Waals surface area contributed by atoms with Gasteiger partial charge in [-0.25, -0.2) is 10.4 Å². The maximum atomic E-state index is 11.1. The summed E-state index contributed by atoms with van der Waals surface area (Å²) in [5.74, 6) is 1.45. The SMILES string of the molecule is CCOc1ccc2nc(C3=NNC(=O)CC3)[nH]c2c1. The number of aromatic nitrogens is 2. The van der Waals surface area contributed by atoms with Crippen molar-refractivity contribution in [3.8, 4) is 5.75 Å². The predicted octanol–water partition coefficient (Wildman–Crippen LogP) is 1.58. The maximum Gasteiger partial charge on any atom is 0.240 e. The second kappa shape index (κ2) is 4.72. The number of ether oxygens (including phenoxy) is 1. The average molecular weight is 258 g/mol. The number of hydrogen-bond donors (Lipinski definition) is 2. The molecular formula is C13H14N4O2. The van der Waals surface area contributed by atoms with Crippen molar-refractivity contribution in [1.29, 1.82) is 0 Å². The Labute approximate surface area is 109 Å². The number of hydrogen-bond acceptors (Lipinski definition) is 4. The topological polar surface area (TPSA) is 79.4 Å². The molecule has 0 saturated heterocycles. The van der Waals surface area contributed by atoms with E-state index in [0.717, 1.165) is 22.5 Å². The monoisotopic (exact) mass is 258 g/mol. The zero-order chi connectivity index (χ0) is 13.2. The van der Waals surface area contributed by atoms with Crippen molar-refractivity contribution >= 4 is 22.7 Å². The molecular weight excluding hydrogens is 244 g/mol. The fourth-order valence-corrected chi connectivity index (χ4v) is 2.03. The van der Waals surface area contributed by atoms with Crippen LogP contribution in [0, 0.1) is 0 Å². The Balaban J connectivity index is 1.95. The first-order valence-electron chi connectivity index (χ1n) is 6.24. The lowest BCUT2D eigenvalue weighted by atomic mass is 10.2. The van der Waals surface area contributed by atoms with Crippen molar-refractivity contribution in [2.24, 2.45) is 5.10 Å². The summed E-state index contributed by atoms with van der Waals surface area (Å²) in [6.45, 7) is 2.58. The number of amides is 1. The van der Waals surface area contributed by atoms with E-state index in [9.17, 15) is 4.79 Å². The van der Waals surface area contributed by atoms with E-state index in [2.05, 4.69) is 20.5 Å². The minimum atomic E-state index is -0.0570. The molecule has 2 heterocycles. The first-order chi connectivity index (χ1) is 9.26. The molecule has 0 spiro atoms. The first kappa shape index (κ1) is 11.7. The highest BCUT2D eigenvalue weighted by atomic mass is 16.5. The number of hydrazone groups is 1. The molecule has 0 bridgehead atoms. The molecule has 6 nitrogen and oxygen atoms in total. The molecule has 0 saturated carbocycles. The molecule has 0 atom stereocenters. The number of fused-ring (bicyclic) bond motifs is 1. The second-order valence-electron chi connectivity index (χ2n) is 4.29. The van der Waals surface area contributed by atoms with Crippen molar-refractivity contribution in [2.45, 2.75) is 19.8 Å². The van der Waals surface area contributed by atoms with Crippen LogP contribution in [0.15, 0.2) is 23.3 Å². The Kier molecular flexibility index (Phi) is 2.91. The molecule has 0 radical (unpaired) electrons. The highest BCUT2D eigenvalue weighted by Crippen LogP contribution is 2.20. The standard InChI is InChI=1S/C13H14N4O2/c1-2-19-8-3-4-9-11(7-8)15-13(14-9)10-5-6-12(18)17-16-10/h3-4,7H,2,5-6H2,1H3,(H,14,15)(H,17,18). The summed E-state index contributed by atoms with van der Waals surface area (Å²) < 4.78 is 5.45. The summed E-state index contributed by atoms with van der Waals surface area (Å²) in [5, 5.41) is 4.03. The van der Waals surface area contributed by atoms with Gasteiger partial charge >= 0.3 is 0 Å². The number of imidazole rings is 1. The Morgan fingerprint density at radius 3 is 3.00 bits per heavy atom. The first-order valence-corrected chi connectivity index (χ1v) is 6.24. The molecule has 98 valence electrons. The van der Waals surface area contributed by atoms with E-state index < -0.39 is 0 Å². The predicted molar refractivity (Wildman–Crippen MR) is 71.2 cm³/mol. The van der Waals surface area contributed by atoms with E-state index in [1.165, 1.54) is 0 Å².